The number of anilines is 4. The number of alkyl halides is 3. The molecule has 0 aliphatic heterocycles. The maximum absolute atomic E-state index is 13.5. The number of ketones is 2. The molecule has 2 unspecified atom stereocenters. The van der Waals surface area contributed by atoms with E-state index >= 15 is 0 Å². The number of carbonyl (C=O) groups is 6. The van der Waals surface area contributed by atoms with E-state index < -0.39 is 47.3 Å². The molecule has 0 aliphatic rings. The summed E-state index contributed by atoms with van der Waals surface area (Å²) >= 11 is 30.8. The van der Waals surface area contributed by atoms with Gasteiger partial charge in [-0.1, -0.05) is 35.3 Å². The summed E-state index contributed by atoms with van der Waals surface area (Å²) in [7, 11) is 0. The lowest BCUT2D eigenvalue weighted by atomic mass is 10.1. The van der Waals surface area contributed by atoms with Crippen LogP contribution in [-0.4, -0.2) is 72.3 Å². The Morgan fingerprint density at radius 2 is 0.957 bits per heavy atom. The molecule has 0 fully saturated rings. The molecule has 0 saturated heterocycles. The van der Waals surface area contributed by atoms with E-state index in [4.69, 9.17) is 67.5 Å². The number of rotatable bonds is 23. The molecule has 0 aromatic heterocycles. The second-order valence-electron chi connectivity index (χ2n) is 15.1. The van der Waals surface area contributed by atoms with Gasteiger partial charge in [-0.25, -0.2) is 0 Å². The number of aryl methyl sites for hydroxylation is 2. The van der Waals surface area contributed by atoms with E-state index in [2.05, 4.69) is 41.7 Å². The number of hydrogen-bond acceptors (Lipinski definition) is 12. The van der Waals surface area contributed by atoms with Gasteiger partial charge in [-0.3, -0.25) is 28.8 Å². The topological polar surface area (TPSA) is 218 Å². The first kappa shape index (κ1) is 54.5. The van der Waals surface area contributed by atoms with Crippen molar-refractivity contribution >= 4 is 127 Å². The fraction of sp³-hybridized carbons (Fsp3) is 0.265. The fourth-order valence-electron chi connectivity index (χ4n) is 6.59. The van der Waals surface area contributed by atoms with Gasteiger partial charge in [0.1, 0.15) is 11.5 Å². The van der Waals surface area contributed by atoms with Crippen LogP contribution in [0.15, 0.2) is 111 Å². The van der Waals surface area contributed by atoms with Crippen molar-refractivity contribution in [2.24, 2.45) is 20.5 Å². The maximum atomic E-state index is 13.5. The van der Waals surface area contributed by atoms with E-state index in [-0.39, 0.29) is 49.8 Å². The second kappa shape index (κ2) is 26.5. The minimum Gasteiger partial charge on any atom is -0.494 e. The molecule has 70 heavy (non-hydrogen) atoms. The van der Waals surface area contributed by atoms with Gasteiger partial charge in [-0.15, -0.1) is 34.8 Å². The summed E-state index contributed by atoms with van der Waals surface area (Å²) in [5, 5.41) is 27.2. The van der Waals surface area contributed by atoms with Gasteiger partial charge in [-0.2, -0.15) is 20.5 Å². The predicted molar refractivity (Wildman–Crippen MR) is 274 cm³/mol. The SMILES string of the molecule is CCOc1cc(NC(=O)c2cc(Cl)cc(N=NC(C(C)=O)C(=O)Nc3ccc(NC(=O)C(N=Nc4cc(Cl)cc(C(=O)Nc5ccc(CCCl)c(OCC)c5)c4)C(C)=O)c(CCl)c3)c2)ccc1CCCl. The Labute approximate surface area is 428 Å². The summed E-state index contributed by atoms with van der Waals surface area (Å²) in [4.78, 5) is 78.7. The minimum atomic E-state index is -1.62. The Bertz CT molecular complexity index is 2830. The lowest BCUT2D eigenvalue weighted by Crippen LogP contribution is -2.32. The normalized spacial score (nSPS) is 12.0. The highest BCUT2D eigenvalue weighted by Crippen LogP contribution is 2.30. The lowest BCUT2D eigenvalue weighted by Gasteiger charge is -2.15. The number of azo groups is 2. The number of nitrogens with one attached hydrogen (secondary N) is 4. The van der Waals surface area contributed by atoms with Crippen LogP contribution in [0.3, 0.4) is 0 Å². The van der Waals surface area contributed by atoms with Crippen LogP contribution >= 0.6 is 58.0 Å². The Morgan fingerprint density at radius 3 is 1.37 bits per heavy atom. The molecule has 5 aromatic rings. The van der Waals surface area contributed by atoms with Gasteiger partial charge < -0.3 is 30.7 Å². The molecule has 21 heteroatoms. The van der Waals surface area contributed by atoms with Crippen molar-refractivity contribution in [1.82, 2.24) is 0 Å². The molecule has 0 heterocycles. The first-order valence-corrected chi connectivity index (χ1v) is 23.9. The molecular formula is C49H47Cl5N8O8. The fourth-order valence-corrected chi connectivity index (χ4v) is 7.68. The van der Waals surface area contributed by atoms with Crippen molar-refractivity contribution < 1.29 is 38.2 Å². The zero-order chi connectivity index (χ0) is 50.9. The first-order valence-electron chi connectivity index (χ1n) is 21.6. The monoisotopic (exact) mass is 1050 g/mol. The van der Waals surface area contributed by atoms with Crippen LogP contribution in [-0.2, 0) is 37.9 Å². The molecule has 4 amide bonds. The van der Waals surface area contributed by atoms with E-state index in [0.717, 1.165) is 25.0 Å². The summed E-state index contributed by atoms with van der Waals surface area (Å²) in [5.74, 6) is -2.21. The third-order valence-corrected chi connectivity index (χ3v) is 11.0. The van der Waals surface area contributed by atoms with Gasteiger partial charge in [0.15, 0.2) is 11.6 Å². The average molecular weight is 1050 g/mol. The van der Waals surface area contributed by atoms with Crippen molar-refractivity contribution in [2.45, 2.75) is 58.5 Å². The van der Waals surface area contributed by atoms with Gasteiger partial charge in [0.05, 0.1) is 24.6 Å². The minimum absolute atomic E-state index is 0.0900. The summed E-state index contributed by atoms with van der Waals surface area (Å²) in [6.07, 6.45) is 1.16. The maximum Gasteiger partial charge on any atom is 0.258 e. The molecule has 5 rings (SSSR count). The number of ether oxygens (including phenoxy) is 2. The molecule has 5 aromatic carbocycles. The van der Waals surface area contributed by atoms with E-state index in [1.54, 1.807) is 24.3 Å². The highest BCUT2D eigenvalue weighted by atomic mass is 35.5. The molecule has 0 aliphatic carbocycles. The second-order valence-corrected chi connectivity index (χ2v) is 17.0. The zero-order valence-corrected chi connectivity index (χ0v) is 42.0. The van der Waals surface area contributed by atoms with Crippen molar-refractivity contribution in [2.75, 3.05) is 46.2 Å². The van der Waals surface area contributed by atoms with Crippen molar-refractivity contribution in [1.29, 1.82) is 0 Å². The molecule has 4 N–H and O–H groups in total. The summed E-state index contributed by atoms with van der Waals surface area (Å²) in [6, 6.07) is 20.0. The Morgan fingerprint density at radius 1 is 0.529 bits per heavy atom. The van der Waals surface area contributed by atoms with Crippen molar-refractivity contribution in [3.8, 4) is 11.5 Å². The highest BCUT2D eigenvalue weighted by Gasteiger charge is 2.26. The van der Waals surface area contributed by atoms with Crippen LogP contribution in [0, 0.1) is 0 Å². The number of nitrogens with zero attached hydrogens (tertiary/aromatic N) is 4. The van der Waals surface area contributed by atoms with Gasteiger partial charge in [0.2, 0.25) is 12.1 Å². The molecule has 0 radical (unpaired) electrons. The van der Waals surface area contributed by atoms with Crippen molar-refractivity contribution in [3.05, 3.63) is 129 Å². The third kappa shape index (κ3) is 15.5. The molecule has 0 saturated carbocycles. The van der Waals surface area contributed by atoms with Crippen LogP contribution < -0.4 is 30.7 Å². The zero-order valence-electron chi connectivity index (χ0n) is 38.2. The van der Waals surface area contributed by atoms with Gasteiger partial charge in [-0.05, 0) is 124 Å². The predicted octanol–water partition coefficient (Wildman–Crippen LogP) is 12.0. The molecule has 0 bridgehead atoms. The molecule has 16 nitrogen and oxygen atoms in total. The van der Waals surface area contributed by atoms with E-state index in [1.165, 1.54) is 54.6 Å². The number of Topliss-reactive ketones (excluding diaryl/α,β-unsaturated/α-hetero) is 2. The highest BCUT2D eigenvalue weighted by molar-refractivity contribution is 6.32. The van der Waals surface area contributed by atoms with Crippen LogP contribution in [0.5, 0.6) is 11.5 Å². The molecule has 366 valence electrons. The standard InChI is InChI=1S/C49H47Cl5N8O8/c1-5-69-42-24-37(9-7-29(42)13-15-50)55-46(65)31-17-34(53)22-39(19-31)59-61-44(27(3)63)48(67)57-36-11-12-41(33(21-36)26-52)58-49(68)45(28(4)64)62-60-40-20-32(18-35(54)23-40)47(66)56-38-10-8-30(14-16-51)43(25-38)70-6-2/h7-12,17-25,44-45H,5-6,13-16,26H2,1-4H3,(H,55,65)(H,56,66)(H,57,67)(H,58,68). The Hall–Kier alpha value is -6.43. The van der Waals surface area contributed by atoms with E-state index in [9.17, 15) is 28.8 Å². The number of hydrogen-bond donors (Lipinski definition) is 4. The van der Waals surface area contributed by atoms with Crippen LogP contribution in [0.1, 0.15) is 65.1 Å². The van der Waals surface area contributed by atoms with E-state index in [1.807, 2.05) is 26.0 Å². The Kier molecular flexibility index (Phi) is 20.7. The van der Waals surface area contributed by atoms with Gasteiger partial charge in [0.25, 0.3) is 23.6 Å². The molecule has 2 atom stereocenters. The van der Waals surface area contributed by atoms with Crippen molar-refractivity contribution in [3.63, 3.8) is 0 Å². The quantitative estimate of drug-likeness (QED) is 0.0279. The smallest absolute Gasteiger partial charge is 0.258 e. The van der Waals surface area contributed by atoms with Crippen LogP contribution in [0.25, 0.3) is 0 Å². The van der Waals surface area contributed by atoms with Gasteiger partial charge >= 0.3 is 0 Å². The number of halogens is 5. The molecule has 0 spiro atoms. The summed E-state index contributed by atoms with van der Waals surface area (Å²) in [6.45, 7) is 6.84. The first-order chi connectivity index (χ1) is 33.5. The Balaban J connectivity index is 1.25. The largest absolute Gasteiger partial charge is 0.494 e. The number of carbonyl (C=O) groups excluding carboxylic acids is 6. The van der Waals surface area contributed by atoms with Gasteiger partial charge in [0, 0.05) is 73.7 Å². The lowest BCUT2D eigenvalue weighted by molar-refractivity contribution is -0.127. The van der Waals surface area contributed by atoms with Crippen LogP contribution in [0.4, 0.5) is 34.1 Å². The van der Waals surface area contributed by atoms with E-state index in [0.29, 0.717) is 66.3 Å². The number of amides is 4. The molecular weight excluding hydrogens is 1010 g/mol. The average Bonchev–Trinajstić information content (AvgIpc) is 3.31. The van der Waals surface area contributed by atoms with Crippen LogP contribution in [0.2, 0.25) is 10.0 Å². The third-order valence-electron chi connectivity index (χ3n) is 9.89. The summed E-state index contributed by atoms with van der Waals surface area (Å²) < 4.78 is 11.4. The summed E-state index contributed by atoms with van der Waals surface area (Å²) in [5.41, 5.74) is 3.84. The number of benzene rings is 5.